The number of carbonyl (C=O) groups excluding carboxylic acids is 2. The first-order valence-corrected chi connectivity index (χ1v) is 12.3. The average molecular weight is 508 g/mol. The number of aryl methyl sites for hydroxylation is 3. The van der Waals surface area contributed by atoms with Crippen LogP contribution in [0.25, 0.3) is 11.3 Å². The first-order chi connectivity index (χ1) is 17.5. The molecule has 1 amide bonds. The third-order valence-corrected chi connectivity index (χ3v) is 6.29. The topological polar surface area (TPSA) is 90.3 Å². The maximum Gasteiger partial charge on any atom is 0.307 e. The Labute approximate surface area is 216 Å². The van der Waals surface area contributed by atoms with E-state index in [1.807, 2.05) is 34.6 Å². The van der Waals surface area contributed by atoms with Crippen molar-refractivity contribution in [1.82, 2.24) is 14.9 Å². The Balaban J connectivity index is 2.01. The zero-order valence-corrected chi connectivity index (χ0v) is 22.2. The second-order valence-electron chi connectivity index (χ2n) is 9.83. The molecule has 3 aromatic rings. The Bertz CT molecular complexity index is 1330. The van der Waals surface area contributed by atoms with Crippen LogP contribution in [-0.4, -0.2) is 28.5 Å². The molecule has 37 heavy (non-hydrogen) atoms. The molecule has 0 bridgehead atoms. The van der Waals surface area contributed by atoms with Crippen molar-refractivity contribution in [2.45, 2.75) is 59.5 Å². The number of benzene rings is 1. The van der Waals surface area contributed by atoms with E-state index in [2.05, 4.69) is 10.3 Å². The fourth-order valence-electron chi connectivity index (χ4n) is 4.52. The second kappa shape index (κ2) is 12.0. The molecule has 1 aromatic carbocycles. The van der Waals surface area contributed by atoms with Gasteiger partial charge in [-0.25, -0.2) is 4.39 Å². The van der Waals surface area contributed by atoms with Crippen LogP contribution >= 0.6 is 0 Å². The van der Waals surface area contributed by atoms with Gasteiger partial charge in [0.15, 0.2) is 0 Å². The van der Waals surface area contributed by atoms with E-state index < -0.39 is 18.1 Å². The van der Waals surface area contributed by atoms with E-state index in [1.54, 1.807) is 30.6 Å². The predicted molar refractivity (Wildman–Crippen MR) is 141 cm³/mol. The van der Waals surface area contributed by atoms with E-state index in [9.17, 15) is 18.8 Å². The number of hydrogen-bond acceptors (Lipinski definition) is 5. The van der Waals surface area contributed by atoms with Crippen molar-refractivity contribution >= 4 is 11.9 Å². The number of amides is 1. The third-order valence-electron chi connectivity index (χ3n) is 6.29. The number of aromatic nitrogens is 2. The monoisotopic (exact) mass is 507 g/mol. The summed E-state index contributed by atoms with van der Waals surface area (Å²) in [6.07, 6.45) is 3.56. The summed E-state index contributed by atoms with van der Waals surface area (Å²) in [6, 6.07) is 8.21. The van der Waals surface area contributed by atoms with Crippen LogP contribution in [0.15, 0.2) is 53.6 Å². The highest BCUT2D eigenvalue weighted by Gasteiger charge is 2.27. The van der Waals surface area contributed by atoms with Gasteiger partial charge in [-0.3, -0.25) is 19.4 Å². The molecular weight excluding hydrogens is 473 g/mol. The molecule has 0 aliphatic rings. The van der Waals surface area contributed by atoms with Gasteiger partial charge in [0, 0.05) is 24.0 Å². The number of esters is 1. The third kappa shape index (κ3) is 6.90. The van der Waals surface area contributed by atoms with Crippen LogP contribution in [0, 0.1) is 32.5 Å². The average Bonchev–Trinajstić information content (AvgIpc) is 2.81. The SMILES string of the molecule is COC(=O)C[C@H](NC(=O)C(CC(C)C)n1ccc(C)cc1=O)c1ccnc(-c2c(C)cc(F)cc2C)c1. The summed E-state index contributed by atoms with van der Waals surface area (Å²) in [7, 11) is 1.29. The molecule has 0 radical (unpaired) electrons. The Morgan fingerprint density at radius 3 is 2.35 bits per heavy atom. The lowest BCUT2D eigenvalue weighted by Gasteiger charge is -2.25. The van der Waals surface area contributed by atoms with Crippen molar-refractivity contribution in [3.63, 3.8) is 0 Å². The molecule has 3 rings (SSSR count). The van der Waals surface area contributed by atoms with Crippen molar-refractivity contribution in [2.75, 3.05) is 7.11 Å². The number of methoxy groups -OCH3 is 1. The van der Waals surface area contributed by atoms with Gasteiger partial charge in [0.05, 0.1) is 25.3 Å². The molecule has 8 heteroatoms. The van der Waals surface area contributed by atoms with Crippen LogP contribution in [-0.2, 0) is 14.3 Å². The maximum atomic E-state index is 13.9. The van der Waals surface area contributed by atoms with Gasteiger partial charge in [0.1, 0.15) is 11.9 Å². The van der Waals surface area contributed by atoms with Gasteiger partial charge < -0.3 is 14.6 Å². The molecule has 2 heterocycles. The van der Waals surface area contributed by atoms with E-state index in [-0.39, 0.29) is 29.6 Å². The lowest BCUT2D eigenvalue weighted by molar-refractivity contribution is -0.141. The summed E-state index contributed by atoms with van der Waals surface area (Å²) in [5.41, 5.74) is 4.03. The van der Waals surface area contributed by atoms with E-state index in [4.69, 9.17) is 4.74 Å². The highest BCUT2D eigenvalue weighted by molar-refractivity contribution is 5.82. The predicted octanol–water partition coefficient (Wildman–Crippen LogP) is 4.98. The molecule has 2 atom stereocenters. The number of nitrogens with one attached hydrogen (secondary N) is 1. The zero-order valence-electron chi connectivity index (χ0n) is 22.2. The van der Waals surface area contributed by atoms with Crippen molar-refractivity contribution in [1.29, 1.82) is 0 Å². The van der Waals surface area contributed by atoms with Gasteiger partial charge >= 0.3 is 5.97 Å². The van der Waals surface area contributed by atoms with Crippen molar-refractivity contribution in [3.05, 3.63) is 87.2 Å². The summed E-state index contributed by atoms with van der Waals surface area (Å²) >= 11 is 0. The van der Waals surface area contributed by atoms with Crippen LogP contribution in [0.1, 0.15) is 61.0 Å². The Morgan fingerprint density at radius 2 is 1.76 bits per heavy atom. The number of pyridine rings is 2. The fraction of sp³-hybridized carbons (Fsp3) is 0.379. The summed E-state index contributed by atoms with van der Waals surface area (Å²) in [6.45, 7) is 9.40. The number of halogens is 1. The first-order valence-electron chi connectivity index (χ1n) is 12.3. The van der Waals surface area contributed by atoms with Gasteiger partial charge in [-0.1, -0.05) is 13.8 Å². The van der Waals surface area contributed by atoms with Gasteiger partial charge in [-0.15, -0.1) is 0 Å². The van der Waals surface area contributed by atoms with Gasteiger partial charge in [0.25, 0.3) is 5.56 Å². The van der Waals surface area contributed by atoms with Crippen LogP contribution < -0.4 is 10.9 Å². The molecule has 0 spiro atoms. The number of nitrogens with zero attached hydrogens (tertiary/aromatic N) is 2. The van der Waals surface area contributed by atoms with Crippen LogP contribution in [0.5, 0.6) is 0 Å². The lowest BCUT2D eigenvalue weighted by atomic mass is 9.96. The Hall–Kier alpha value is -3.81. The minimum Gasteiger partial charge on any atom is -0.469 e. The molecule has 0 aliphatic heterocycles. The minimum absolute atomic E-state index is 0.107. The van der Waals surface area contributed by atoms with Gasteiger partial charge in [-0.2, -0.15) is 0 Å². The molecule has 0 aliphatic carbocycles. The smallest absolute Gasteiger partial charge is 0.307 e. The zero-order chi connectivity index (χ0) is 27.3. The fourth-order valence-corrected chi connectivity index (χ4v) is 4.52. The summed E-state index contributed by atoms with van der Waals surface area (Å²) < 4.78 is 20.2. The molecule has 196 valence electrons. The molecule has 7 nitrogen and oxygen atoms in total. The highest BCUT2D eigenvalue weighted by atomic mass is 19.1. The van der Waals surface area contributed by atoms with E-state index in [0.29, 0.717) is 17.7 Å². The number of hydrogen-bond donors (Lipinski definition) is 1. The van der Waals surface area contributed by atoms with Gasteiger partial charge in [0.2, 0.25) is 5.91 Å². The minimum atomic E-state index is -0.754. The van der Waals surface area contributed by atoms with Gasteiger partial charge in [-0.05, 0) is 85.7 Å². The standard InChI is InChI=1S/C29H34FN3O4/c1-17(2)11-25(33-10-8-18(3)12-26(33)34)29(36)32-23(16-27(35)37-6)21-7-9-31-24(15-21)28-19(4)13-22(30)14-20(28)5/h7-10,12-15,17,23,25H,11,16H2,1-6H3,(H,32,36)/t23-,25?/m0/s1. The Kier molecular flexibility index (Phi) is 8.97. The van der Waals surface area contributed by atoms with E-state index >= 15 is 0 Å². The first kappa shape index (κ1) is 27.8. The molecule has 1 N–H and O–H groups in total. The number of rotatable bonds is 9. The second-order valence-corrected chi connectivity index (χ2v) is 9.83. The molecule has 1 unspecified atom stereocenters. The normalized spacial score (nSPS) is 12.8. The van der Waals surface area contributed by atoms with Crippen LogP contribution in [0.2, 0.25) is 0 Å². The Morgan fingerprint density at radius 1 is 1.08 bits per heavy atom. The van der Waals surface area contributed by atoms with Crippen molar-refractivity contribution < 1.29 is 18.7 Å². The number of ether oxygens (including phenoxy) is 1. The largest absolute Gasteiger partial charge is 0.469 e. The molecule has 0 fully saturated rings. The van der Waals surface area contributed by atoms with E-state index in [0.717, 1.165) is 22.3 Å². The van der Waals surface area contributed by atoms with Crippen LogP contribution in [0.4, 0.5) is 4.39 Å². The maximum absolute atomic E-state index is 13.9. The summed E-state index contributed by atoms with van der Waals surface area (Å²) in [5, 5.41) is 2.97. The summed E-state index contributed by atoms with van der Waals surface area (Å²) in [5.74, 6) is -1.06. The molecule has 0 saturated heterocycles. The van der Waals surface area contributed by atoms with Crippen LogP contribution in [0.3, 0.4) is 0 Å². The highest BCUT2D eigenvalue weighted by Crippen LogP contribution is 2.29. The van der Waals surface area contributed by atoms with Crippen molar-refractivity contribution in [2.24, 2.45) is 5.92 Å². The molecule has 0 saturated carbocycles. The quantitative estimate of drug-likeness (QED) is 0.413. The molecular formula is C29H34FN3O4. The summed E-state index contributed by atoms with van der Waals surface area (Å²) in [4.78, 5) is 43.1. The number of carbonyl (C=O) groups is 2. The molecule has 2 aromatic heterocycles. The lowest BCUT2D eigenvalue weighted by Crippen LogP contribution is -2.40. The van der Waals surface area contributed by atoms with Crippen molar-refractivity contribution in [3.8, 4) is 11.3 Å². The van der Waals surface area contributed by atoms with E-state index in [1.165, 1.54) is 29.9 Å².